The van der Waals surface area contributed by atoms with Crippen LogP contribution < -0.4 is 14.8 Å². The lowest BCUT2D eigenvalue weighted by Crippen LogP contribution is -2.23. The second kappa shape index (κ2) is 11.0. The molecule has 0 atom stereocenters. The quantitative estimate of drug-likeness (QED) is 0.250. The number of ether oxygens (including phenoxy) is 2. The fourth-order valence-electron chi connectivity index (χ4n) is 2.42. The van der Waals surface area contributed by atoms with Gasteiger partial charge >= 0.3 is 11.9 Å². The largest absolute Gasteiger partial charge is 0.427 e. The van der Waals surface area contributed by atoms with Crippen LogP contribution in [-0.4, -0.2) is 17.8 Å². The Hall–Kier alpha value is -4.18. The maximum atomic E-state index is 12.2. The standard InChI is InChI=1S/C23H20N2O5/c1-16(26)29-21-11-12-22(30-17(2)27)19(13-21)9-6-10-20(14-24)23(28)25-15-18-7-4-3-5-8-18/h3-13H,15H2,1-2H3,(H,25,28). The van der Waals surface area contributed by atoms with E-state index < -0.39 is 17.8 Å². The first-order chi connectivity index (χ1) is 14.4. The molecule has 2 aromatic rings. The molecule has 152 valence electrons. The summed E-state index contributed by atoms with van der Waals surface area (Å²) in [5, 5.41) is 11.9. The summed E-state index contributed by atoms with van der Waals surface area (Å²) in [6, 6.07) is 15.6. The van der Waals surface area contributed by atoms with Gasteiger partial charge in [-0.3, -0.25) is 14.4 Å². The maximum absolute atomic E-state index is 12.2. The van der Waals surface area contributed by atoms with Crippen LogP contribution >= 0.6 is 0 Å². The van der Waals surface area contributed by atoms with Crippen molar-refractivity contribution in [3.05, 3.63) is 77.4 Å². The molecular formula is C23H20N2O5. The third kappa shape index (κ3) is 7.09. The molecule has 2 rings (SSSR count). The van der Waals surface area contributed by atoms with Crippen LogP contribution in [0.4, 0.5) is 0 Å². The number of carbonyl (C=O) groups excluding carboxylic acids is 3. The van der Waals surface area contributed by atoms with E-state index in [1.807, 2.05) is 36.4 Å². The smallest absolute Gasteiger partial charge is 0.308 e. The third-order valence-electron chi connectivity index (χ3n) is 3.70. The number of carbonyl (C=O) groups is 3. The van der Waals surface area contributed by atoms with Crippen LogP contribution in [0.1, 0.15) is 25.0 Å². The minimum atomic E-state index is -0.515. The highest BCUT2D eigenvalue weighted by atomic mass is 16.5. The van der Waals surface area contributed by atoms with E-state index in [9.17, 15) is 19.6 Å². The van der Waals surface area contributed by atoms with Crippen molar-refractivity contribution < 1.29 is 23.9 Å². The van der Waals surface area contributed by atoms with E-state index in [0.717, 1.165) is 5.56 Å². The molecule has 0 bridgehead atoms. The summed E-state index contributed by atoms with van der Waals surface area (Å²) in [6.45, 7) is 2.83. The number of hydrogen-bond donors (Lipinski definition) is 1. The van der Waals surface area contributed by atoms with E-state index in [-0.39, 0.29) is 17.1 Å². The van der Waals surface area contributed by atoms with Gasteiger partial charge < -0.3 is 14.8 Å². The second-order valence-electron chi connectivity index (χ2n) is 6.11. The predicted molar refractivity (Wildman–Crippen MR) is 110 cm³/mol. The summed E-state index contributed by atoms with van der Waals surface area (Å²) in [5.41, 5.74) is 1.25. The Bertz CT molecular complexity index is 1030. The van der Waals surface area contributed by atoms with Crippen molar-refractivity contribution in [2.45, 2.75) is 20.4 Å². The van der Waals surface area contributed by atoms with E-state index in [1.54, 1.807) is 0 Å². The molecule has 7 nitrogen and oxygen atoms in total. The molecule has 1 amide bonds. The topological polar surface area (TPSA) is 105 Å². The van der Waals surface area contributed by atoms with Crippen LogP contribution in [0.15, 0.2) is 66.3 Å². The Morgan fingerprint density at radius 1 is 1.03 bits per heavy atom. The van der Waals surface area contributed by atoms with Gasteiger partial charge in [-0.1, -0.05) is 42.5 Å². The Morgan fingerprint density at radius 2 is 1.73 bits per heavy atom. The molecule has 0 aromatic heterocycles. The maximum Gasteiger partial charge on any atom is 0.308 e. The molecular weight excluding hydrogens is 384 g/mol. The Balaban J connectivity index is 2.17. The van der Waals surface area contributed by atoms with Gasteiger partial charge in [0.1, 0.15) is 23.1 Å². The van der Waals surface area contributed by atoms with Gasteiger partial charge in [0.15, 0.2) is 0 Å². The fourth-order valence-corrected chi connectivity index (χ4v) is 2.42. The van der Waals surface area contributed by atoms with Gasteiger partial charge in [-0.25, -0.2) is 0 Å². The third-order valence-corrected chi connectivity index (χ3v) is 3.70. The number of allylic oxidation sites excluding steroid dienone is 2. The monoisotopic (exact) mass is 404 g/mol. The van der Waals surface area contributed by atoms with Crippen LogP contribution in [0.2, 0.25) is 0 Å². The zero-order valence-electron chi connectivity index (χ0n) is 16.5. The number of hydrogen-bond acceptors (Lipinski definition) is 6. The van der Waals surface area contributed by atoms with Crippen LogP contribution in [0, 0.1) is 11.3 Å². The lowest BCUT2D eigenvalue weighted by atomic mass is 10.1. The van der Waals surface area contributed by atoms with Crippen LogP contribution in [0.3, 0.4) is 0 Å². The SMILES string of the molecule is CC(=O)Oc1ccc(OC(C)=O)c(C=CC=C(C#N)C(=O)NCc2ccccc2)c1. The zero-order chi connectivity index (χ0) is 21.9. The van der Waals surface area contributed by atoms with Crippen LogP contribution in [-0.2, 0) is 20.9 Å². The van der Waals surface area contributed by atoms with Gasteiger partial charge in [-0.05, 0) is 29.8 Å². The first-order valence-corrected chi connectivity index (χ1v) is 9.00. The summed E-state index contributed by atoms with van der Waals surface area (Å²) >= 11 is 0. The Morgan fingerprint density at radius 3 is 2.37 bits per heavy atom. The molecule has 0 spiro atoms. The van der Waals surface area contributed by atoms with Crippen molar-refractivity contribution in [2.24, 2.45) is 0 Å². The number of nitrogens with zero attached hydrogens (tertiary/aromatic N) is 1. The number of esters is 2. The lowest BCUT2D eigenvalue weighted by Gasteiger charge is -2.08. The molecule has 30 heavy (non-hydrogen) atoms. The Labute approximate surface area is 174 Å². The molecule has 0 fully saturated rings. The molecule has 7 heteroatoms. The average Bonchev–Trinajstić information content (AvgIpc) is 2.71. The molecule has 1 N–H and O–H groups in total. The molecule has 0 radical (unpaired) electrons. The summed E-state index contributed by atoms with van der Waals surface area (Å²) in [6.07, 6.45) is 4.35. The molecule has 0 aliphatic rings. The summed E-state index contributed by atoms with van der Waals surface area (Å²) in [7, 11) is 0. The molecule has 0 saturated heterocycles. The number of nitriles is 1. The van der Waals surface area contributed by atoms with Crippen LogP contribution in [0.25, 0.3) is 6.08 Å². The molecule has 0 heterocycles. The summed E-state index contributed by atoms with van der Waals surface area (Å²) < 4.78 is 10.2. The van der Waals surface area contributed by atoms with E-state index >= 15 is 0 Å². The van der Waals surface area contributed by atoms with Crippen molar-refractivity contribution in [2.75, 3.05) is 0 Å². The van der Waals surface area contributed by atoms with Gasteiger partial charge in [-0.2, -0.15) is 5.26 Å². The highest BCUT2D eigenvalue weighted by molar-refractivity contribution is 5.97. The first kappa shape index (κ1) is 22.1. The molecule has 0 aliphatic heterocycles. The van der Waals surface area contributed by atoms with Crippen molar-refractivity contribution in [3.8, 4) is 17.6 Å². The van der Waals surface area contributed by atoms with Gasteiger partial charge in [0.25, 0.3) is 5.91 Å². The number of rotatable bonds is 7. The molecule has 0 saturated carbocycles. The zero-order valence-corrected chi connectivity index (χ0v) is 16.5. The van der Waals surface area contributed by atoms with E-state index in [0.29, 0.717) is 12.1 Å². The average molecular weight is 404 g/mol. The second-order valence-corrected chi connectivity index (χ2v) is 6.11. The van der Waals surface area contributed by atoms with Gasteiger partial charge in [0, 0.05) is 26.0 Å². The van der Waals surface area contributed by atoms with E-state index in [4.69, 9.17) is 9.47 Å². The van der Waals surface area contributed by atoms with E-state index in [1.165, 1.54) is 50.3 Å². The molecule has 0 aliphatic carbocycles. The summed E-state index contributed by atoms with van der Waals surface area (Å²) in [5.74, 6) is -1.01. The fraction of sp³-hybridized carbons (Fsp3) is 0.130. The number of benzene rings is 2. The van der Waals surface area contributed by atoms with Crippen molar-refractivity contribution in [1.82, 2.24) is 5.32 Å². The first-order valence-electron chi connectivity index (χ1n) is 9.00. The molecule has 2 aromatic carbocycles. The molecule has 0 unspecified atom stereocenters. The highest BCUT2D eigenvalue weighted by Gasteiger charge is 2.09. The number of nitrogens with one attached hydrogen (secondary N) is 1. The van der Waals surface area contributed by atoms with Crippen molar-refractivity contribution >= 4 is 23.9 Å². The normalized spacial score (nSPS) is 10.9. The van der Waals surface area contributed by atoms with E-state index in [2.05, 4.69) is 5.32 Å². The minimum Gasteiger partial charge on any atom is -0.427 e. The van der Waals surface area contributed by atoms with Gasteiger partial charge in [-0.15, -0.1) is 0 Å². The Kier molecular flexibility index (Phi) is 8.09. The van der Waals surface area contributed by atoms with Crippen molar-refractivity contribution in [3.63, 3.8) is 0 Å². The van der Waals surface area contributed by atoms with Crippen molar-refractivity contribution in [1.29, 1.82) is 5.26 Å². The minimum absolute atomic E-state index is 0.0904. The lowest BCUT2D eigenvalue weighted by molar-refractivity contribution is -0.133. The number of amides is 1. The van der Waals surface area contributed by atoms with Crippen LogP contribution in [0.5, 0.6) is 11.5 Å². The van der Waals surface area contributed by atoms with Gasteiger partial charge in [0.2, 0.25) is 0 Å². The summed E-state index contributed by atoms with van der Waals surface area (Å²) in [4.78, 5) is 34.7. The van der Waals surface area contributed by atoms with Gasteiger partial charge in [0.05, 0.1) is 0 Å². The highest BCUT2D eigenvalue weighted by Crippen LogP contribution is 2.26. The predicted octanol–water partition coefficient (Wildman–Crippen LogP) is 3.32.